The first-order valence-electron chi connectivity index (χ1n) is 26.1. The lowest BCUT2D eigenvalue weighted by Crippen LogP contribution is -2.54. The van der Waals surface area contributed by atoms with Crippen LogP contribution in [0.4, 0.5) is 25.6 Å². The highest BCUT2D eigenvalue weighted by atomic mass is 32.7. The van der Waals surface area contributed by atoms with Gasteiger partial charge < -0.3 is 39.8 Å². The lowest BCUT2D eigenvalue weighted by Gasteiger charge is -2.26. The van der Waals surface area contributed by atoms with Crippen LogP contribution in [0.2, 0.25) is 0 Å². The van der Waals surface area contributed by atoms with Gasteiger partial charge in [-0.2, -0.15) is 18.1 Å². The summed E-state index contributed by atoms with van der Waals surface area (Å²) >= 11 is 4.09. The molecular formula is C50H60FN14O16PS2. The smallest absolute Gasteiger partial charge is 0.410 e. The van der Waals surface area contributed by atoms with Gasteiger partial charge in [-0.05, 0) is 62.9 Å². The highest BCUT2D eigenvalue weighted by Crippen LogP contribution is 2.57. The van der Waals surface area contributed by atoms with Crippen molar-refractivity contribution < 1.29 is 73.5 Å². The SMILES string of the molecule is CC(C)[C@H](NC(=O)OC(C)(C)C)C(=O)N[C@@H](C)C(=O)Nc1ccc(COC(=O)N(C)Cc2ccccc2C(=O)Nc2nc3c(ncn3[C@@H]3O[C@@H]4CO[P@@](=O)(S)O[C@H]5[C@@H](F)[C@H](n6cnc7cncnc76)O[C@@H]5CNS(=O)(=O)O[C@@H]3C4)c(=O)[nH]2)cc1. The zero-order chi connectivity index (χ0) is 60.4. The molecule has 0 spiro atoms. The number of fused-ring (bicyclic) bond motifs is 5. The largest absolute Gasteiger partial charge is 0.445 e. The Labute approximate surface area is 483 Å². The standard InChI is InChI=1S/C50H60FN14O16PS2/c1-25(2)36(59-48(70)79-50(4,5)6)43(68)57-26(3)41(66)58-29-14-12-27(13-15-29)20-75-49(71)63(7)19-28-10-8-9-11-31(28)42(67)61-47-60-40-37(44(69)62-47)55-24-65(40)45-33-16-30(77-45)21-76-82(72,83)80-38-34(18-56-84(73,74)81-33)78-46(35(38)51)64-23-54-32-17-52-22-53-39(32)64/h8-15,17,22-26,30,33-36,38,45-46,56H,16,18-21H2,1-7H3,(H,57,68)(H,58,66)(H,59,70)(H,72,83)(H2,60,61,62,67,69)/t26-,30-,33+,34+,35+,36-,38+,45+,46+,82+/m0/s1. The maximum Gasteiger partial charge on any atom is 0.410 e. The van der Waals surface area contributed by atoms with Crippen LogP contribution in [-0.4, -0.2) is 151 Å². The molecule has 0 aliphatic carbocycles. The van der Waals surface area contributed by atoms with Crippen LogP contribution in [0.5, 0.6) is 0 Å². The molecule has 2 bridgehead atoms. The number of carbonyl (C=O) groups is 5. The zero-order valence-corrected chi connectivity index (χ0v) is 48.6. The van der Waals surface area contributed by atoms with Crippen LogP contribution in [0.1, 0.15) is 81.9 Å². The summed E-state index contributed by atoms with van der Waals surface area (Å²) in [7, 11) is -3.28. The summed E-state index contributed by atoms with van der Waals surface area (Å²) in [4.78, 5) is 104. The first kappa shape index (κ1) is 61.1. The van der Waals surface area contributed by atoms with E-state index < -0.39 is 126 Å². The van der Waals surface area contributed by atoms with E-state index in [1.54, 1.807) is 77.1 Å². The molecule has 0 saturated carbocycles. The van der Waals surface area contributed by atoms with E-state index in [4.69, 9.17) is 32.2 Å². The molecule has 6 aromatic rings. The number of ether oxygens (including phenoxy) is 4. The van der Waals surface area contributed by atoms with E-state index in [-0.39, 0.29) is 53.8 Å². The molecule has 5 amide bonds. The van der Waals surface area contributed by atoms with Crippen molar-refractivity contribution in [2.45, 2.75) is 122 Å². The molecule has 3 aliphatic heterocycles. The van der Waals surface area contributed by atoms with Crippen molar-refractivity contribution in [2.75, 3.05) is 30.8 Å². The molecule has 450 valence electrons. The van der Waals surface area contributed by atoms with Crippen LogP contribution in [0.15, 0.2) is 78.5 Å². The number of alkyl carbamates (subject to hydrolysis) is 1. The minimum absolute atomic E-state index is 0.0838. The van der Waals surface area contributed by atoms with Crippen molar-refractivity contribution >= 4 is 93.2 Å². The van der Waals surface area contributed by atoms with E-state index in [1.807, 2.05) is 0 Å². The molecule has 3 fully saturated rings. The Balaban J connectivity index is 0.810. The van der Waals surface area contributed by atoms with E-state index >= 15 is 4.39 Å². The van der Waals surface area contributed by atoms with Crippen molar-refractivity contribution in [3.8, 4) is 0 Å². The van der Waals surface area contributed by atoms with Gasteiger partial charge in [-0.3, -0.25) is 47.7 Å². The third-order valence-corrected chi connectivity index (χ3v) is 15.8. The Morgan fingerprint density at radius 2 is 1.67 bits per heavy atom. The second kappa shape index (κ2) is 25.0. The van der Waals surface area contributed by atoms with Crippen molar-refractivity contribution in [3.63, 3.8) is 0 Å². The van der Waals surface area contributed by atoms with E-state index in [0.29, 0.717) is 22.3 Å². The van der Waals surface area contributed by atoms with Gasteiger partial charge in [-0.15, -0.1) is 0 Å². The summed E-state index contributed by atoms with van der Waals surface area (Å²) in [6.07, 6.45) is -7.19. The van der Waals surface area contributed by atoms with Gasteiger partial charge in [0.25, 0.3) is 11.5 Å². The topological polar surface area (TPSA) is 372 Å². The normalized spacial score (nSPS) is 24.1. The summed E-state index contributed by atoms with van der Waals surface area (Å²) < 4.78 is 102. The molecule has 0 unspecified atom stereocenters. The second-order valence-corrected chi connectivity index (χ2v) is 25.4. The molecule has 84 heavy (non-hydrogen) atoms. The number of nitrogens with zero attached hydrogens (tertiary/aromatic N) is 8. The molecule has 30 nitrogen and oxygen atoms in total. The van der Waals surface area contributed by atoms with E-state index in [0.717, 1.165) is 6.33 Å². The first-order chi connectivity index (χ1) is 39.7. The zero-order valence-electron chi connectivity index (χ0n) is 46.0. The molecule has 10 atom stereocenters. The van der Waals surface area contributed by atoms with Gasteiger partial charge in [0.15, 0.2) is 35.4 Å². The van der Waals surface area contributed by atoms with Gasteiger partial charge in [-0.25, -0.2) is 42.7 Å². The average molecular weight is 1230 g/mol. The van der Waals surface area contributed by atoms with Crippen LogP contribution in [0, 0.1) is 5.92 Å². The fraction of sp³-hybridized carbons (Fsp3) is 0.460. The number of alkyl halides is 1. The van der Waals surface area contributed by atoms with Crippen LogP contribution in [0.25, 0.3) is 22.3 Å². The minimum Gasteiger partial charge on any atom is -0.445 e. The maximum atomic E-state index is 16.2. The summed E-state index contributed by atoms with van der Waals surface area (Å²) in [5, 5.41) is 10.4. The highest BCUT2D eigenvalue weighted by Gasteiger charge is 2.51. The molecule has 34 heteroatoms. The monoisotopic (exact) mass is 1230 g/mol. The van der Waals surface area contributed by atoms with Crippen molar-refractivity contribution in [3.05, 3.63) is 101 Å². The number of benzene rings is 2. The van der Waals surface area contributed by atoms with Gasteiger partial charge in [0.05, 0.1) is 31.6 Å². The number of hydrogen-bond acceptors (Lipinski definition) is 21. The lowest BCUT2D eigenvalue weighted by atomic mass is 10.0. The number of halogens is 1. The molecule has 9 rings (SSSR count). The third-order valence-electron chi connectivity index (χ3n) is 13.2. The van der Waals surface area contributed by atoms with E-state index in [2.05, 4.69) is 68.1 Å². The predicted octanol–water partition coefficient (Wildman–Crippen LogP) is 4.17. The molecule has 3 aliphatic rings. The quantitative estimate of drug-likeness (QED) is 0.0594. The highest BCUT2D eigenvalue weighted by molar-refractivity contribution is 8.44. The fourth-order valence-corrected chi connectivity index (χ4v) is 11.6. The average Bonchev–Trinajstić information content (AvgIpc) is 3.97. The van der Waals surface area contributed by atoms with Crippen LogP contribution in [0.3, 0.4) is 0 Å². The number of hydrogen-bond donors (Lipinski definition) is 7. The van der Waals surface area contributed by atoms with Gasteiger partial charge in [0.1, 0.15) is 54.4 Å². The Morgan fingerprint density at radius 3 is 2.40 bits per heavy atom. The number of aromatic nitrogens is 8. The predicted molar refractivity (Wildman–Crippen MR) is 297 cm³/mol. The second-order valence-electron chi connectivity index (χ2n) is 21.1. The number of anilines is 2. The van der Waals surface area contributed by atoms with Crippen molar-refractivity contribution in [2.24, 2.45) is 5.92 Å². The number of rotatable bonds is 14. The molecular weight excluding hydrogens is 1170 g/mol. The number of aromatic amines is 1. The van der Waals surface area contributed by atoms with Gasteiger partial charge in [0.2, 0.25) is 17.8 Å². The lowest BCUT2D eigenvalue weighted by molar-refractivity contribution is -0.128. The summed E-state index contributed by atoms with van der Waals surface area (Å²) in [6.45, 7) is 4.16. The Bertz CT molecular complexity index is 3680. The van der Waals surface area contributed by atoms with E-state index in [1.165, 1.54) is 52.9 Å². The molecule has 6 N–H and O–H groups in total. The fourth-order valence-electron chi connectivity index (χ4n) is 9.15. The summed E-state index contributed by atoms with van der Waals surface area (Å²) in [6, 6.07) is 10.8. The Hall–Kier alpha value is -7.49. The first-order valence-corrected chi connectivity index (χ1v) is 30.2. The maximum absolute atomic E-state index is 16.2. The summed E-state index contributed by atoms with van der Waals surface area (Å²) in [5.74, 6) is -2.53. The van der Waals surface area contributed by atoms with Crippen molar-refractivity contribution in [1.29, 1.82) is 0 Å². The van der Waals surface area contributed by atoms with Gasteiger partial charge >= 0.3 is 29.3 Å². The number of H-pyrrole nitrogens is 1. The number of carbonyl (C=O) groups excluding carboxylic acids is 5. The molecule has 7 heterocycles. The van der Waals surface area contributed by atoms with Crippen molar-refractivity contribution in [1.82, 2.24) is 59.3 Å². The molecule has 0 radical (unpaired) electrons. The summed E-state index contributed by atoms with van der Waals surface area (Å²) in [5.41, 5.74) is -0.0834. The number of thiol groups is 1. The molecule has 4 aromatic heterocycles. The Morgan fingerprint density at radius 1 is 0.940 bits per heavy atom. The van der Waals surface area contributed by atoms with E-state index in [9.17, 15) is 41.8 Å². The number of amides is 5. The number of imidazole rings is 2. The van der Waals surface area contributed by atoms with Crippen LogP contribution >= 0.6 is 19.0 Å². The Kier molecular flexibility index (Phi) is 18.2. The third kappa shape index (κ3) is 14.5. The minimum atomic E-state index is -4.74. The van der Waals surface area contributed by atoms with Gasteiger partial charge in [0, 0.05) is 37.8 Å². The van der Waals surface area contributed by atoms with Gasteiger partial charge in [-0.1, -0.05) is 56.4 Å². The van der Waals surface area contributed by atoms with Crippen LogP contribution < -0.4 is 31.5 Å². The number of nitrogens with one attached hydrogen (secondary N) is 6. The molecule has 3 saturated heterocycles. The molecule has 2 aromatic carbocycles. The van der Waals surface area contributed by atoms with Crippen LogP contribution in [-0.2, 0) is 69.8 Å².